The van der Waals surface area contributed by atoms with Gasteiger partial charge in [-0.15, -0.1) is 0 Å². The van der Waals surface area contributed by atoms with Crippen LogP contribution in [-0.4, -0.2) is 89.8 Å². The highest BCUT2D eigenvalue weighted by Crippen LogP contribution is 2.47. The van der Waals surface area contributed by atoms with Crippen molar-refractivity contribution in [1.82, 2.24) is 9.80 Å². The molecule has 3 aliphatic rings. The Hall–Kier alpha value is -1.33. The van der Waals surface area contributed by atoms with E-state index in [1.165, 1.54) is 7.11 Å². The highest BCUT2D eigenvalue weighted by Gasteiger charge is 2.51. The van der Waals surface area contributed by atoms with Crippen LogP contribution >= 0.6 is 23.2 Å². The highest BCUT2D eigenvalue weighted by molar-refractivity contribution is 6.42. The lowest BCUT2D eigenvalue weighted by molar-refractivity contribution is -0.208. The summed E-state index contributed by atoms with van der Waals surface area (Å²) in [6.07, 6.45) is 1.33. The van der Waals surface area contributed by atoms with Crippen molar-refractivity contribution in [2.45, 2.75) is 76.0 Å². The molecule has 3 aliphatic heterocycles. The second-order valence-electron chi connectivity index (χ2n) is 11.3. The Morgan fingerprint density at radius 2 is 2.03 bits per heavy atom. The van der Waals surface area contributed by atoms with Crippen LogP contribution < -0.4 is 4.74 Å². The third-order valence-corrected chi connectivity index (χ3v) is 8.04. The molecule has 3 fully saturated rings. The van der Waals surface area contributed by atoms with Gasteiger partial charge in [-0.25, -0.2) is 4.79 Å². The molecular weight excluding hydrogens is 523 g/mol. The van der Waals surface area contributed by atoms with Gasteiger partial charge in [0.25, 0.3) is 0 Å². The summed E-state index contributed by atoms with van der Waals surface area (Å²) in [6.45, 7) is 7.21. The SMILES string of the molecule is COCOc1ccc(Cl)c(Cl)c1[C@H]1C[C@@H](CC(O)N2CC(O)(C3CCCO3)C2)CN1C(=O)OC(C)(C)C. The number of rotatable bonds is 8. The van der Waals surface area contributed by atoms with E-state index in [0.29, 0.717) is 60.4 Å². The minimum absolute atomic E-state index is 0.00877. The number of likely N-dealkylation sites (tertiary alicyclic amines) is 2. The smallest absolute Gasteiger partial charge is 0.410 e. The number of hydrogen-bond acceptors (Lipinski definition) is 8. The first-order valence-electron chi connectivity index (χ1n) is 12.8. The third kappa shape index (κ3) is 6.46. The summed E-state index contributed by atoms with van der Waals surface area (Å²) >= 11 is 13.0. The molecule has 11 heteroatoms. The number of aliphatic hydroxyl groups excluding tert-OH is 1. The van der Waals surface area contributed by atoms with E-state index in [1.54, 1.807) is 17.0 Å². The van der Waals surface area contributed by atoms with Crippen LogP contribution in [0.4, 0.5) is 4.79 Å². The Morgan fingerprint density at radius 1 is 1.30 bits per heavy atom. The average Bonchev–Trinajstić information content (AvgIpc) is 3.47. The van der Waals surface area contributed by atoms with Crippen molar-refractivity contribution >= 4 is 29.3 Å². The second-order valence-corrected chi connectivity index (χ2v) is 12.1. The number of nitrogens with zero attached hydrogens (tertiary/aromatic N) is 2. The Balaban J connectivity index is 1.51. The summed E-state index contributed by atoms with van der Waals surface area (Å²) in [6, 6.07) is 2.89. The molecule has 37 heavy (non-hydrogen) atoms. The fourth-order valence-electron chi connectivity index (χ4n) is 5.52. The zero-order valence-electron chi connectivity index (χ0n) is 21.9. The van der Waals surface area contributed by atoms with Crippen molar-refractivity contribution in [3.8, 4) is 5.75 Å². The third-order valence-electron chi connectivity index (χ3n) is 7.22. The van der Waals surface area contributed by atoms with E-state index in [1.807, 2.05) is 25.7 Å². The molecule has 1 aromatic carbocycles. The van der Waals surface area contributed by atoms with Crippen LogP contribution in [0.2, 0.25) is 10.0 Å². The van der Waals surface area contributed by atoms with E-state index < -0.39 is 29.6 Å². The molecule has 3 saturated heterocycles. The van der Waals surface area contributed by atoms with Crippen molar-refractivity contribution in [3.63, 3.8) is 0 Å². The van der Waals surface area contributed by atoms with Crippen molar-refractivity contribution in [2.75, 3.05) is 40.1 Å². The van der Waals surface area contributed by atoms with Crippen LogP contribution in [0, 0.1) is 5.92 Å². The number of carbonyl (C=O) groups is 1. The average molecular weight is 562 g/mol. The van der Waals surface area contributed by atoms with Crippen LogP contribution in [0.1, 0.15) is 58.1 Å². The van der Waals surface area contributed by atoms with Gasteiger partial charge in [0.1, 0.15) is 23.2 Å². The van der Waals surface area contributed by atoms with Crippen LogP contribution in [0.5, 0.6) is 5.75 Å². The van der Waals surface area contributed by atoms with Crippen LogP contribution in [0.25, 0.3) is 0 Å². The van der Waals surface area contributed by atoms with E-state index in [9.17, 15) is 15.0 Å². The van der Waals surface area contributed by atoms with Crippen LogP contribution in [0.15, 0.2) is 12.1 Å². The van der Waals surface area contributed by atoms with Gasteiger partial charge in [-0.2, -0.15) is 0 Å². The number of ether oxygens (including phenoxy) is 4. The summed E-state index contributed by atoms with van der Waals surface area (Å²) in [5.74, 6) is 0.426. The summed E-state index contributed by atoms with van der Waals surface area (Å²) in [7, 11) is 1.52. The molecule has 1 amide bonds. The van der Waals surface area contributed by atoms with E-state index in [0.717, 1.165) is 12.8 Å². The molecule has 1 aromatic rings. The van der Waals surface area contributed by atoms with Gasteiger partial charge in [-0.1, -0.05) is 23.2 Å². The summed E-state index contributed by atoms with van der Waals surface area (Å²) < 4.78 is 22.2. The fraction of sp³-hybridized carbons (Fsp3) is 0.731. The predicted molar refractivity (Wildman–Crippen MR) is 139 cm³/mol. The number of methoxy groups -OCH3 is 1. The Bertz CT molecular complexity index is 961. The van der Waals surface area contributed by atoms with E-state index >= 15 is 0 Å². The van der Waals surface area contributed by atoms with Gasteiger partial charge in [0, 0.05) is 38.9 Å². The monoisotopic (exact) mass is 560 g/mol. The first-order chi connectivity index (χ1) is 17.4. The summed E-state index contributed by atoms with van der Waals surface area (Å²) in [5.41, 5.74) is -1.01. The molecule has 3 heterocycles. The van der Waals surface area contributed by atoms with Crippen molar-refractivity contribution in [2.24, 2.45) is 5.92 Å². The van der Waals surface area contributed by atoms with Gasteiger partial charge in [-0.05, 0) is 64.5 Å². The van der Waals surface area contributed by atoms with Crippen molar-refractivity contribution in [3.05, 3.63) is 27.7 Å². The van der Waals surface area contributed by atoms with Gasteiger partial charge in [-0.3, -0.25) is 4.90 Å². The molecule has 4 atom stereocenters. The number of benzene rings is 1. The zero-order chi connectivity index (χ0) is 27.0. The number of β-amino-alcohol motifs (C(OH)–C–C–N with tert-alkyl or cyclic N) is 1. The Labute approximate surface area is 228 Å². The molecule has 9 nitrogen and oxygen atoms in total. The number of halogens is 2. The van der Waals surface area contributed by atoms with Crippen LogP contribution in [0.3, 0.4) is 0 Å². The maximum Gasteiger partial charge on any atom is 0.410 e. The molecule has 0 bridgehead atoms. The maximum atomic E-state index is 13.3. The summed E-state index contributed by atoms with van der Waals surface area (Å²) in [5, 5.41) is 22.5. The van der Waals surface area contributed by atoms with Gasteiger partial charge in [0.15, 0.2) is 6.79 Å². The molecule has 0 aromatic heterocycles. The van der Waals surface area contributed by atoms with Gasteiger partial charge >= 0.3 is 6.09 Å². The largest absolute Gasteiger partial charge is 0.467 e. The fourth-order valence-corrected chi connectivity index (χ4v) is 5.96. The van der Waals surface area contributed by atoms with E-state index in [4.69, 9.17) is 42.1 Å². The highest BCUT2D eigenvalue weighted by atomic mass is 35.5. The molecule has 208 valence electrons. The number of aliphatic hydroxyl groups is 2. The van der Waals surface area contributed by atoms with Crippen LogP contribution in [-0.2, 0) is 14.2 Å². The lowest BCUT2D eigenvalue weighted by Crippen LogP contribution is -2.69. The van der Waals surface area contributed by atoms with Gasteiger partial charge in [0.05, 0.1) is 22.2 Å². The second kappa shape index (κ2) is 11.4. The Kier molecular flexibility index (Phi) is 8.85. The first kappa shape index (κ1) is 28.7. The predicted octanol–water partition coefficient (Wildman–Crippen LogP) is 4.21. The van der Waals surface area contributed by atoms with E-state index in [-0.39, 0.29) is 18.8 Å². The van der Waals surface area contributed by atoms with Gasteiger partial charge < -0.3 is 34.1 Å². The minimum Gasteiger partial charge on any atom is -0.467 e. The summed E-state index contributed by atoms with van der Waals surface area (Å²) in [4.78, 5) is 16.8. The zero-order valence-corrected chi connectivity index (χ0v) is 23.4. The molecule has 0 radical (unpaired) electrons. The number of amides is 1. The molecule has 0 saturated carbocycles. The number of carbonyl (C=O) groups excluding carboxylic acids is 1. The normalized spacial score (nSPS) is 26.7. The van der Waals surface area contributed by atoms with Crippen molar-refractivity contribution < 1.29 is 34.0 Å². The quantitative estimate of drug-likeness (QED) is 0.456. The number of hydrogen-bond donors (Lipinski definition) is 2. The minimum atomic E-state index is -0.917. The molecule has 2 N–H and O–H groups in total. The molecular formula is C26H38Cl2N2O7. The molecule has 0 spiro atoms. The lowest BCUT2D eigenvalue weighted by atomic mass is 9.85. The molecule has 4 rings (SSSR count). The maximum absolute atomic E-state index is 13.3. The van der Waals surface area contributed by atoms with Gasteiger partial charge in [0.2, 0.25) is 0 Å². The molecule has 2 unspecified atom stereocenters. The van der Waals surface area contributed by atoms with Crippen molar-refractivity contribution in [1.29, 1.82) is 0 Å². The molecule has 0 aliphatic carbocycles. The van der Waals surface area contributed by atoms with E-state index in [2.05, 4.69) is 0 Å². The first-order valence-corrected chi connectivity index (χ1v) is 13.5. The lowest BCUT2D eigenvalue weighted by Gasteiger charge is -2.51. The Morgan fingerprint density at radius 3 is 2.65 bits per heavy atom. The topological polar surface area (TPSA) is 101 Å². The standard InChI is InChI=1S/C26H38Cl2N2O7/c1-25(2,3)37-24(32)30-12-16(11-21(31)29-13-26(33,14-29)20-6-5-9-35-20)10-18(30)22-19(36-15-34-4)8-7-17(27)23(22)28/h7-8,16,18,20-21,31,33H,5-6,9-15H2,1-4H3/t16-,18+,20?,21?/m0/s1.